The molecule has 0 aromatic heterocycles. The number of hydrogen-bond donors (Lipinski definition) is 1. The molecule has 22 heavy (non-hydrogen) atoms. The lowest BCUT2D eigenvalue weighted by atomic mass is 10.1. The van der Waals surface area contributed by atoms with Crippen molar-refractivity contribution in [3.63, 3.8) is 0 Å². The highest BCUT2D eigenvalue weighted by Gasteiger charge is 2.18. The minimum absolute atomic E-state index is 0.309. The van der Waals surface area contributed by atoms with Gasteiger partial charge in [0.2, 0.25) is 0 Å². The first-order chi connectivity index (χ1) is 10.7. The van der Waals surface area contributed by atoms with Gasteiger partial charge >= 0.3 is 0 Å². The molecule has 5 nitrogen and oxygen atoms in total. The highest BCUT2D eigenvalue weighted by atomic mass is 35.5. The van der Waals surface area contributed by atoms with Crippen LogP contribution in [-0.2, 0) is 0 Å². The minimum atomic E-state index is -0.309. The third-order valence-electron chi connectivity index (χ3n) is 3.23. The lowest BCUT2D eigenvalue weighted by Gasteiger charge is -2.20. The lowest BCUT2D eigenvalue weighted by Crippen LogP contribution is -2.17. The highest BCUT2D eigenvalue weighted by molar-refractivity contribution is 6.34. The summed E-state index contributed by atoms with van der Waals surface area (Å²) in [5.41, 5.74) is 0.887. The molecule has 6 heteroatoms. The van der Waals surface area contributed by atoms with Gasteiger partial charge < -0.3 is 19.5 Å². The van der Waals surface area contributed by atoms with E-state index in [1.54, 1.807) is 36.4 Å². The summed E-state index contributed by atoms with van der Waals surface area (Å²) in [6, 6.07) is 10.3. The Hall–Kier alpha value is -2.40. The van der Waals surface area contributed by atoms with Gasteiger partial charge in [-0.3, -0.25) is 4.79 Å². The fourth-order valence-corrected chi connectivity index (χ4v) is 2.38. The van der Waals surface area contributed by atoms with Crippen LogP contribution < -0.4 is 19.5 Å². The number of carbonyl (C=O) groups excluding carboxylic acids is 1. The van der Waals surface area contributed by atoms with Gasteiger partial charge in [-0.2, -0.15) is 0 Å². The Balaban J connectivity index is 1.88. The zero-order valence-electron chi connectivity index (χ0n) is 11.9. The number of halogens is 1. The quantitative estimate of drug-likeness (QED) is 0.942. The van der Waals surface area contributed by atoms with Crippen LogP contribution in [0.2, 0.25) is 5.02 Å². The van der Waals surface area contributed by atoms with Crippen molar-refractivity contribution < 1.29 is 19.0 Å². The zero-order valence-corrected chi connectivity index (χ0v) is 12.6. The number of carbonyl (C=O) groups is 1. The molecule has 0 bridgehead atoms. The second kappa shape index (κ2) is 6.15. The molecular formula is C16H14ClNO4. The third kappa shape index (κ3) is 2.80. The number of benzene rings is 2. The normalized spacial score (nSPS) is 12.6. The Morgan fingerprint density at radius 2 is 1.86 bits per heavy atom. The summed E-state index contributed by atoms with van der Waals surface area (Å²) >= 11 is 6.18. The molecule has 1 amide bonds. The van der Waals surface area contributed by atoms with Crippen molar-refractivity contribution in [2.24, 2.45) is 0 Å². The number of fused-ring (bicyclic) bond motifs is 1. The van der Waals surface area contributed by atoms with E-state index in [0.29, 0.717) is 46.7 Å². The number of para-hydroxylation sites is 1. The van der Waals surface area contributed by atoms with Gasteiger partial charge in [-0.25, -0.2) is 0 Å². The Bertz CT molecular complexity index is 717. The molecule has 1 heterocycles. The van der Waals surface area contributed by atoms with Crippen LogP contribution in [0.4, 0.5) is 5.69 Å². The average Bonchev–Trinajstić information content (AvgIpc) is 2.55. The van der Waals surface area contributed by atoms with Crippen molar-refractivity contribution in [3.05, 3.63) is 47.0 Å². The van der Waals surface area contributed by atoms with Gasteiger partial charge in [0, 0.05) is 12.1 Å². The summed E-state index contributed by atoms with van der Waals surface area (Å²) < 4.78 is 16.1. The second-order valence-corrected chi connectivity index (χ2v) is 5.04. The summed E-state index contributed by atoms with van der Waals surface area (Å²) in [7, 11) is 1.52. The van der Waals surface area contributed by atoms with E-state index in [4.69, 9.17) is 25.8 Å². The van der Waals surface area contributed by atoms with Crippen molar-refractivity contribution in [1.82, 2.24) is 0 Å². The van der Waals surface area contributed by atoms with Crippen LogP contribution in [0.3, 0.4) is 0 Å². The van der Waals surface area contributed by atoms with Gasteiger partial charge in [-0.15, -0.1) is 0 Å². The first kappa shape index (κ1) is 14.5. The van der Waals surface area contributed by atoms with Crippen LogP contribution in [0.25, 0.3) is 0 Å². The van der Waals surface area contributed by atoms with Crippen molar-refractivity contribution in [2.45, 2.75) is 0 Å². The maximum atomic E-state index is 12.4. The first-order valence-corrected chi connectivity index (χ1v) is 7.10. The van der Waals surface area contributed by atoms with E-state index < -0.39 is 0 Å². The summed E-state index contributed by atoms with van der Waals surface area (Å²) in [4.78, 5) is 12.4. The molecule has 1 N–H and O–H groups in total. The maximum absolute atomic E-state index is 12.4. The van der Waals surface area contributed by atoms with E-state index in [9.17, 15) is 4.79 Å². The van der Waals surface area contributed by atoms with Crippen LogP contribution in [0.1, 0.15) is 10.4 Å². The number of rotatable bonds is 3. The van der Waals surface area contributed by atoms with E-state index >= 15 is 0 Å². The summed E-state index contributed by atoms with van der Waals surface area (Å²) in [5.74, 6) is 1.32. The van der Waals surface area contributed by atoms with Gasteiger partial charge in [0.05, 0.1) is 23.4 Å². The van der Waals surface area contributed by atoms with E-state index in [0.717, 1.165) is 0 Å². The zero-order chi connectivity index (χ0) is 15.5. The second-order valence-electron chi connectivity index (χ2n) is 4.63. The van der Waals surface area contributed by atoms with Crippen molar-refractivity contribution in [1.29, 1.82) is 0 Å². The Morgan fingerprint density at radius 3 is 2.59 bits per heavy atom. The number of methoxy groups -OCH3 is 1. The molecule has 0 atom stereocenters. The molecule has 0 saturated heterocycles. The van der Waals surface area contributed by atoms with Crippen LogP contribution in [0.15, 0.2) is 36.4 Å². The van der Waals surface area contributed by atoms with E-state index in [1.807, 2.05) is 0 Å². The first-order valence-electron chi connectivity index (χ1n) is 6.72. The van der Waals surface area contributed by atoms with Crippen LogP contribution in [0.5, 0.6) is 17.2 Å². The molecule has 0 radical (unpaired) electrons. The predicted octanol–water partition coefficient (Wildman–Crippen LogP) is 3.37. The van der Waals surface area contributed by atoms with E-state index in [2.05, 4.69) is 5.32 Å². The SMILES string of the molecule is COc1ccccc1C(=O)Nc1cc2c(cc1Cl)OCCO2. The van der Waals surface area contributed by atoms with E-state index in [-0.39, 0.29) is 5.91 Å². The van der Waals surface area contributed by atoms with Gasteiger partial charge in [0.15, 0.2) is 11.5 Å². The number of nitrogens with one attached hydrogen (secondary N) is 1. The molecule has 1 aliphatic rings. The number of hydrogen-bond acceptors (Lipinski definition) is 4. The van der Waals surface area contributed by atoms with Crippen molar-refractivity contribution >= 4 is 23.2 Å². The van der Waals surface area contributed by atoms with Crippen LogP contribution >= 0.6 is 11.6 Å². The van der Waals surface area contributed by atoms with Crippen LogP contribution in [0, 0.1) is 0 Å². The van der Waals surface area contributed by atoms with Crippen molar-refractivity contribution in [3.8, 4) is 17.2 Å². The summed E-state index contributed by atoms with van der Waals surface area (Å²) in [5, 5.41) is 3.15. The molecule has 0 fully saturated rings. The molecular weight excluding hydrogens is 306 g/mol. The smallest absolute Gasteiger partial charge is 0.259 e. The largest absolute Gasteiger partial charge is 0.496 e. The number of ether oxygens (including phenoxy) is 3. The minimum Gasteiger partial charge on any atom is -0.496 e. The molecule has 2 aromatic rings. The molecule has 1 aliphatic heterocycles. The lowest BCUT2D eigenvalue weighted by molar-refractivity contribution is 0.102. The summed E-state index contributed by atoms with van der Waals surface area (Å²) in [6.45, 7) is 0.949. The maximum Gasteiger partial charge on any atom is 0.259 e. The van der Waals surface area contributed by atoms with Crippen LogP contribution in [-0.4, -0.2) is 26.2 Å². The fourth-order valence-electron chi connectivity index (χ4n) is 2.18. The Kier molecular flexibility index (Phi) is 4.06. The summed E-state index contributed by atoms with van der Waals surface area (Å²) in [6.07, 6.45) is 0. The Labute approximate surface area is 132 Å². The van der Waals surface area contributed by atoms with E-state index in [1.165, 1.54) is 7.11 Å². The monoisotopic (exact) mass is 319 g/mol. The molecule has 0 spiro atoms. The molecule has 3 rings (SSSR count). The van der Waals surface area contributed by atoms with Gasteiger partial charge in [0.1, 0.15) is 19.0 Å². The molecule has 0 aliphatic carbocycles. The topological polar surface area (TPSA) is 56.8 Å². The fraction of sp³-hybridized carbons (Fsp3) is 0.188. The van der Waals surface area contributed by atoms with Crippen molar-refractivity contribution in [2.75, 3.05) is 25.6 Å². The number of amides is 1. The van der Waals surface area contributed by atoms with Gasteiger partial charge in [-0.1, -0.05) is 23.7 Å². The molecule has 0 saturated carbocycles. The standard InChI is InChI=1S/C16H14ClNO4/c1-20-13-5-3-2-4-10(13)16(19)18-12-9-15-14(8-11(12)17)21-6-7-22-15/h2-5,8-9H,6-7H2,1H3,(H,18,19). The van der Waals surface area contributed by atoms with Gasteiger partial charge in [-0.05, 0) is 12.1 Å². The predicted molar refractivity (Wildman–Crippen MR) is 83.4 cm³/mol. The van der Waals surface area contributed by atoms with Gasteiger partial charge in [0.25, 0.3) is 5.91 Å². The molecule has 0 unspecified atom stereocenters. The average molecular weight is 320 g/mol. The Morgan fingerprint density at radius 1 is 1.18 bits per heavy atom. The third-order valence-corrected chi connectivity index (χ3v) is 3.54. The molecule has 2 aromatic carbocycles. The highest BCUT2D eigenvalue weighted by Crippen LogP contribution is 2.38. The number of anilines is 1. The molecule has 114 valence electrons.